The SMILES string of the molecule is Cc1nc(Sc2ccc(CCN)c(Cl)c2)n[nH]1. The van der Waals surface area contributed by atoms with Crippen molar-refractivity contribution >= 4 is 23.4 Å². The fourth-order valence-corrected chi connectivity index (χ4v) is 2.56. The Bertz CT molecular complexity index is 512. The summed E-state index contributed by atoms with van der Waals surface area (Å²) in [5.74, 6) is 0.804. The third-order valence-electron chi connectivity index (χ3n) is 2.22. The van der Waals surface area contributed by atoms with E-state index in [0.717, 1.165) is 27.7 Å². The van der Waals surface area contributed by atoms with E-state index in [2.05, 4.69) is 15.2 Å². The Balaban J connectivity index is 2.14. The molecule has 0 unspecified atom stereocenters. The van der Waals surface area contributed by atoms with Crippen molar-refractivity contribution in [2.75, 3.05) is 6.54 Å². The molecule has 0 spiro atoms. The van der Waals surface area contributed by atoms with Gasteiger partial charge in [0.15, 0.2) is 0 Å². The molecule has 0 saturated heterocycles. The lowest BCUT2D eigenvalue weighted by Gasteiger charge is -2.04. The first-order valence-corrected chi connectivity index (χ1v) is 6.44. The maximum Gasteiger partial charge on any atom is 0.213 e. The first-order chi connectivity index (χ1) is 8.19. The van der Waals surface area contributed by atoms with Crippen LogP contribution in [0.3, 0.4) is 0 Å². The summed E-state index contributed by atoms with van der Waals surface area (Å²) in [5.41, 5.74) is 6.58. The van der Waals surface area contributed by atoms with Gasteiger partial charge in [0, 0.05) is 9.92 Å². The second-order valence-electron chi connectivity index (χ2n) is 3.60. The van der Waals surface area contributed by atoms with Gasteiger partial charge in [0.1, 0.15) is 5.82 Å². The standard InChI is InChI=1S/C11H13ClN4S/c1-7-14-11(16-15-7)17-9-3-2-8(4-5-13)10(12)6-9/h2-3,6H,4-5,13H2,1H3,(H,14,15,16). The molecule has 2 aromatic rings. The molecule has 4 nitrogen and oxygen atoms in total. The van der Waals surface area contributed by atoms with Gasteiger partial charge in [0.05, 0.1) is 0 Å². The molecular weight excluding hydrogens is 256 g/mol. The van der Waals surface area contributed by atoms with Crippen LogP contribution in [0, 0.1) is 6.92 Å². The lowest BCUT2D eigenvalue weighted by atomic mass is 10.1. The predicted molar refractivity (Wildman–Crippen MR) is 69.5 cm³/mol. The van der Waals surface area contributed by atoms with Crippen LogP contribution in [0.4, 0.5) is 0 Å². The first-order valence-electron chi connectivity index (χ1n) is 5.24. The van der Waals surface area contributed by atoms with Crippen LogP contribution in [0.25, 0.3) is 0 Å². The minimum Gasteiger partial charge on any atom is -0.330 e. The Morgan fingerprint density at radius 1 is 1.47 bits per heavy atom. The second-order valence-corrected chi connectivity index (χ2v) is 5.05. The number of hydrogen-bond donors (Lipinski definition) is 2. The summed E-state index contributed by atoms with van der Waals surface area (Å²) < 4.78 is 0. The Morgan fingerprint density at radius 2 is 2.29 bits per heavy atom. The molecule has 0 atom stereocenters. The average Bonchev–Trinajstić information content (AvgIpc) is 2.68. The van der Waals surface area contributed by atoms with Crippen molar-refractivity contribution in [3.63, 3.8) is 0 Å². The van der Waals surface area contributed by atoms with Crippen molar-refractivity contribution in [2.45, 2.75) is 23.4 Å². The van der Waals surface area contributed by atoms with Crippen molar-refractivity contribution < 1.29 is 0 Å². The summed E-state index contributed by atoms with van der Waals surface area (Å²) in [7, 11) is 0. The molecule has 0 amide bonds. The molecule has 1 aromatic heterocycles. The number of H-pyrrole nitrogens is 1. The highest BCUT2D eigenvalue weighted by atomic mass is 35.5. The number of aryl methyl sites for hydroxylation is 1. The first kappa shape index (κ1) is 12.4. The van der Waals surface area contributed by atoms with E-state index in [9.17, 15) is 0 Å². The average molecular weight is 269 g/mol. The lowest BCUT2D eigenvalue weighted by molar-refractivity contribution is 0.963. The Morgan fingerprint density at radius 3 is 2.88 bits per heavy atom. The largest absolute Gasteiger partial charge is 0.330 e. The van der Waals surface area contributed by atoms with Crippen LogP contribution in [-0.4, -0.2) is 21.7 Å². The molecule has 17 heavy (non-hydrogen) atoms. The van der Waals surface area contributed by atoms with E-state index in [4.69, 9.17) is 17.3 Å². The van der Waals surface area contributed by atoms with E-state index in [1.165, 1.54) is 11.8 Å². The van der Waals surface area contributed by atoms with Crippen LogP contribution in [0.15, 0.2) is 28.3 Å². The minimum atomic E-state index is 0.603. The Kier molecular flexibility index (Phi) is 4.04. The van der Waals surface area contributed by atoms with Gasteiger partial charge in [0.2, 0.25) is 5.16 Å². The van der Waals surface area contributed by atoms with E-state index in [-0.39, 0.29) is 0 Å². The fraction of sp³-hybridized carbons (Fsp3) is 0.273. The van der Waals surface area contributed by atoms with E-state index in [0.29, 0.717) is 11.7 Å². The summed E-state index contributed by atoms with van der Waals surface area (Å²) >= 11 is 7.64. The van der Waals surface area contributed by atoms with Crippen molar-refractivity contribution in [2.24, 2.45) is 5.73 Å². The van der Waals surface area contributed by atoms with Crippen molar-refractivity contribution in [3.8, 4) is 0 Å². The quantitative estimate of drug-likeness (QED) is 0.894. The Labute approximate surface area is 109 Å². The normalized spacial score (nSPS) is 10.8. The number of benzene rings is 1. The molecule has 0 aliphatic carbocycles. The van der Waals surface area contributed by atoms with Gasteiger partial charge in [0.25, 0.3) is 0 Å². The molecule has 0 fully saturated rings. The summed E-state index contributed by atoms with van der Waals surface area (Å²) in [6.45, 7) is 2.47. The monoisotopic (exact) mass is 268 g/mol. The molecule has 3 N–H and O–H groups in total. The van der Waals surface area contributed by atoms with Crippen LogP contribution >= 0.6 is 23.4 Å². The zero-order valence-corrected chi connectivity index (χ0v) is 11.0. The van der Waals surface area contributed by atoms with Gasteiger partial charge < -0.3 is 5.73 Å². The van der Waals surface area contributed by atoms with Crippen LogP contribution in [0.5, 0.6) is 0 Å². The molecule has 1 aromatic carbocycles. The van der Waals surface area contributed by atoms with E-state index < -0.39 is 0 Å². The van der Waals surface area contributed by atoms with E-state index in [1.807, 2.05) is 25.1 Å². The van der Waals surface area contributed by atoms with Crippen molar-refractivity contribution in [1.29, 1.82) is 0 Å². The summed E-state index contributed by atoms with van der Waals surface area (Å²) in [4.78, 5) is 5.25. The minimum absolute atomic E-state index is 0.603. The Hall–Kier alpha value is -1.04. The number of aromatic amines is 1. The van der Waals surface area contributed by atoms with E-state index in [1.54, 1.807) is 0 Å². The number of nitrogens with two attached hydrogens (primary N) is 1. The van der Waals surface area contributed by atoms with Crippen molar-refractivity contribution in [3.05, 3.63) is 34.6 Å². The zero-order valence-electron chi connectivity index (χ0n) is 9.40. The topological polar surface area (TPSA) is 67.6 Å². The molecule has 0 bridgehead atoms. The smallest absolute Gasteiger partial charge is 0.213 e. The number of nitrogens with one attached hydrogen (secondary N) is 1. The molecule has 1 heterocycles. The summed E-state index contributed by atoms with van der Waals surface area (Å²) in [5, 5.41) is 8.31. The molecule has 90 valence electrons. The van der Waals surface area contributed by atoms with Crippen LogP contribution in [0.1, 0.15) is 11.4 Å². The summed E-state index contributed by atoms with van der Waals surface area (Å²) in [6.07, 6.45) is 0.795. The van der Waals surface area contributed by atoms with Gasteiger partial charge in [-0.05, 0) is 49.3 Å². The number of aromatic nitrogens is 3. The van der Waals surface area contributed by atoms with Crippen LogP contribution < -0.4 is 5.73 Å². The number of halogens is 1. The van der Waals surface area contributed by atoms with Gasteiger partial charge in [-0.15, -0.1) is 5.10 Å². The molecule has 0 saturated carbocycles. The molecule has 0 radical (unpaired) electrons. The fourth-order valence-electron chi connectivity index (χ4n) is 1.42. The molecule has 0 aliphatic heterocycles. The maximum atomic E-state index is 6.16. The molecular formula is C11H13ClN4S. The van der Waals surface area contributed by atoms with Gasteiger partial charge in [-0.25, -0.2) is 4.98 Å². The highest BCUT2D eigenvalue weighted by Crippen LogP contribution is 2.28. The third-order valence-corrected chi connectivity index (χ3v) is 3.43. The van der Waals surface area contributed by atoms with E-state index >= 15 is 0 Å². The number of rotatable bonds is 4. The number of nitrogens with zero attached hydrogens (tertiary/aromatic N) is 2. The second kappa shape index (κ2) is 5.53. The highest BCUT2D eigenvalue weighted by Gasteiger charge is 2.05. The lowest BCUT2D eigenvalue weighted by Crippen LogP contribution is -2.02. The zero-order chi connectivity index (χ0) is 12.3. The third kappa shape index (κ3) is 3.21. The van der Waals surface area contributed by atoms with Crippen LogP contribution in [-0.2, 0) is 6.42 Å². The van der Waals surface area contributed by atoms with Gasteiger partial charge >= 0.3 is 0 Å². The van der Waals surface area contributed by atoms with Gasteiger partial charge in [-0.3, -0.25) is 5.10 Å². The molecule has 6 heteroatoms. The predicted octanol–water partition coefficient (Wildman–Crippen LogP) is 2.42. The maximum absolute atomic E-state index is 6.16. The van der Waals surface area contributed by atoms with Crippen LogP contribution in [0.2, 0.25) is 5.02 Å². The number of hydrogen-bond acceptors (Lipinski definition) is 4. The molecule has 2 rings (SSSR count). The van der Waals surface area contributed by atoms with Gasteiger partial charge in [-0.1, -0.05) is 17.7 Å². The summed E-state index contributed by atoms with van der Waals surface area (Å²) in [6, 6.07) is 5.92. The highest BCUT2D eigenvalue weighted by molar-refractivity contribution is 7.99. The van der Waals surface area contributed by atoms with Gasteiger partial charge in [-0.2, -0.15) is 0 Å². The van der Waals surface area contributed by atoms with Crippen molar-refractivity contribution in [1.82, 2.24) is 15.2 Å². The molecule has 0 aliphatic rings.